The SMILES string of the molecule is C[C@@H]1CN(C[C@H]2CCCN2C(=O)COc2ccccc2)C[C@@H](C)O1. The van der Waals surface area contributed by atoms with Crippen molar-refractivity contribution in [2.45, 2.75) is 44.9 Å². The van der Waals surface area contributed by atoms with E-state index in [0.29, 0.717) is 6.04 Å². The molecule has 0 radical (unpaired) electrons. The van der Waals surface area contributed by atoms with E-state index in [0.717, 1.165) is 44.8 Å². The normalized spacial score (nSPS) is 28.1. The highest BCUT2D eigenvalue weighted by Crippen LogP contribution is 2.21. The molecule has 5 heteroatoms. The second kappa shape index (κ2) is 7.99. The molecule has 0 aromatic heterocycles. The second-order valence-corrected chi connectivity index (χ2v) is 6.96. The lowest BCUT2D eigenvalue weighted by atomic mass is 10.1. The molecule has 3 atom stereocenters. The van der Waals surface area contributed by atoms with Gasteiger partial charge in [-0.3, -0.25) is 9.69 Å². The average Bonchev–Trinajstić information content (AvgIpc) is 3.01. The minimum absolute atomic E-state index is 0.0932. The van der Waals surface area contributed by atoms with Crippen LogP contribution in [0.15, 0.2) is 30.3 Å². The van der Waals surface area contributed by atoms with Gasteiger partial charge in [0.2, 0.25) is 0 Å². The first-order chi connectivity index (χ1) is 11.6. The number of hydrogen-bond acceptors (Lipinski definition) is 4. The molecule has 2 aliphatic heterocycles. The number of morpholine rings is 1. The maximum absolute atomic E-state index is 12.6. The number of amides is 1. The van der Waals surface area contributed by atoms with Crippen LogP contribution in [0.5, 0.6) is 5.75 Å². The lowest BCUT2D eigenvalue weighted by Gasteiger charge is -2.38. The van der Waals surface area contributed by atoms with Gasteiger partial charge in [-0.05, 0) is 38.8 Å². The summed E-state index contributed by atoms with van der Waals surface area (Å²) in [6, 6.07) is 9.83. The Bertz CT molecular complexity index is 527. The lowest BCUT2D eigenvalue weighted by molar-refractivity contribution is -0.135. The zero-order valence-electron chi connectivity index (χ0n) is 14.7. The topological polar surface area (TPSA) is 42.0 Å². The molecule has 24 heavy (non-hydrogen) atoms. The summed E-state index contributed by atoms with van der Waals surface area (Å²) >= 11 is 0. The smallest absolute Gasteiger partial charge is 0.260 e. The molecule has 0 saturated carbocycles. The van der Waals surface area contributed by atoms with Gasteiger partial charge in [-0.1, -0.05) is 18.2 Å². The molecule has 0 N–H and O–H groups in total. The molecule has 0 unspecified atom stereocenters. The fourth-order valence-electron chi connectivity index (χ4n) is 3.83. The van der Waals surface area contributed by atoms with E-state index in [2.05, 4.69) is 18.7 Å². The van der Waals surface area contributed by atoms with E-state index in [4.69, 9.17) is 9.47 Å². The summed E-state index contributed by atoms with van der Waals surface area (Å²) in [5.41, 5.74) is 0. The van der Waals surface area contributed by atoms with Crippen LogP contribution >= 0.6 is 0 Å². The number of carbonyl (C=O) groups is 1. The first-order valence-corrected chi connectivity index (χ1v) is 8.97. The maximum atomic E-state index is 12.6. The van der Waals surface area contributed by atoms with Gasteiger partial charge in [-0.15, -0.1) is 0 Å². The van der Waals surface area contributed by atoms with Crippen molar-refractivity contribution >= 4 is 5.91 Å². The van der Waals surface area contributed by atoms with Gasteiger partial charge >= 0.3 is 0 Å². The number of para-hydroxylation sites is 1. The Balaban J connectivity index is 1.52. The van der Waals surface area contributed by atoms with Crippen LogP contribution in [0.25, 0.3) is 0 Å². The zero-order valence-corrected chi connectivity index (χ0v) is 14.7. The Labute approximate surface area is 144 Å². The fraction of sp³-hybridized carbons (Fsp3) is 0.632. The van der Waals surface area contributed by atoms with Crippen LogP contribution in [0, 0.1) is 0 Å². The molecule has 0 spiro atoms. The Hall–Kier alpha value is -1.59. The van der Waals surface area contributed by atoms with Gasteiger partial charge in [0, 0.05) is 32.2 Å². The van der Waals surface area contributed by atoms with E-state index in [9.17, 15) is 4.79 Å². The fourth-order valence-corrected chi connectivity index (χ4v) is 3.83. The van der Waals surface area contributed by atoms with Crippen molar-refractivity contribution in [1.29, 1.82) is 0 Å². The van der Waals surface area contributed by atoms with Gasteiger partial charge in [-0.25, -0.2) is 0 Å². The third-order valence-corrected chi connectivity index (χ3v) is 4.77. The van der Waals surface area contributed by atoms with Crippen LogP contribution in [0.4, 0.5) is 0 Å². The van der Waals surface area contributed by atoms with Crippen molar-refractivity contribution in [1.82, 2.24) is 9.80 Å². The van der Waals surface area contributed by atoms with E-state index >= 15 is 0 Å². The van der Waals surface area contributed by atoms with Gasteiger partial charge in [0.1, 0.15) is 5.75 Å². The summed E-state index contributed by atoms with van der Waals surface area (Å²) in [6.45, 7) is 8.04. The van der Waals surface area contributed by atoms with Crippen molar-refractivity contribution in [3.05, 3.63) is 30.3 Å². The predicted octanol–water partition coefficient (Wildman–Crippen LogP) is 2.17. The number of nitrogens with zero attached hydrogens (tertiary/aromatic N) is 2. The molecule has 2 heterocycles. The quantitative estimate of drug-likeness (QED) is 0.829. The molecule has 0 aliphatic carbocycles. The van der Waals surface area contributed by atoms with Crippen LogP contribution in [-0.2, 0) is 9.53 Å². The van der Waals surface area contributed by atoms with Crippen LogP contribution in [-0.4, -0.2) is 66.7 Å². The third kappa shape index (κ3) is 4.48. The summed E-state index contributed by atoms with van der Waals surface area (Å²) in [6.07, 6.45) is 2.69. The van der Waals surface area contributed by atoms with Gasteiger partial charge < -0.3 is 14.4 Å². The molecule has 1 aromatic carbocycles. The molecule has 2 aliphatic rings. The monoisotopic (exact) mass is 332 g/mol. The summed E-state index contributed by atoms with van der Waals surface area (Å²) in [5.74, 6) is 0.841. The summed E-state index contributed by atoms with van der Waals surface area (Å²) in [7, 11) is 0. The molecule has 5 nitrogen and oxygen atoms in total. The van der Waals surface area contributed by atoms with E-state index in [1.807, 2.05) is 35.2 Å². The Morgan fingerprint density at radius 3 is 2.62 bits per heavy atom. The van der Waals surface area contributed by atoms with Crippen molar-refractivity contribution in [2.24, 2.45) is 0 Å². The van der Waals surface area contributed by atoms with Crippen LogP contribution in [0.2, 0.25) is 0 Å². The minimum atomic E-state index is 0.0932. The van der Waals surface area contributed by atoms with Crippen molar-refractivity contribution < 1.29 is 14.3 Å². The molecule has 2 saturated heterocycles. The molecule has 1 amide bonds. The zero-order chi connectivity index (χ0) is 16.9. The van der Waals surface area contributed by atoms with Crippen LogP contribution in [0.1, 0.15) is 26.7 Å². The van der Waals surface area contributed by atoms with E-state index in [-0.39, 0.29) is 24.7 Å². The number of carbonyl (C=O) groups excluding carboxylic acids is 1. The summed E-state index contributed by atoms with van der Waals surface area (Å²) in [4.78, 5) is 17.0. The first-order valence-electron chi connectivity index (χ1n) is 8.97. The number of rotatable bonds is 5. The van der Waals surface area contributed by atoms with E-state index in [1.54, 1.807) is 0 Å². The van der Waals surface area contributed by atoms with Crippen LogP contribution < -0.4 is 4.74 Å². The van der Waals surface area contributed by atoms with Gasteiger partial charge in [0.05, 0.1) is 12.2 Å². The molecular formula is C19H28N2O3. The number of likely N-dealkylation sites (tertiary alicyclic amines) is 1. The molecule has 0 bridgehead atoms. The largest absolute Gasteiger partial charge is 0.484 e. The predicted molar refractivity (Wildman–Crippen MR) is 93.1 cm³/mol. The average molecular weight is 332 g/mol. The van der Waals surface area contributed by atoms with Gasteiger partial charge in [0.25, 0.3) is 5.91 Å². The van der Waals surface area contributed by atoms with Gasteiger partial charge in [-0.2, -0.15) is 0 Å². The molecule has 1 aromatic rings. The van der Waals surface area contributed by atoms with Crippen molar-refractivity contribution in [3.63, 3.8) is 0 Å². The highest BCUT2D eigenvalue weighted by molar-refractivity contribution is 5.78. The van der Waals surface area contributed by atoms with Crippen molar-refractivity contribution in [2.75, 3.05) is 32.8 Å². The molecular weight excluding hydrogens is 304 g/mol. The number of hydrogen-bond donors (Lipinski definition) is 0. The van der Waals surface area contributed by atoms with E-state index in [1.165, 1.54) is 0 Å². The Kier molecular flexibility index (Phi) is 5.74. The first kappa shape index (κ1) is 17.2. The summed E-state index contributed by atoms with van der Waals surface area (Å²) < 4.78 is 11.4. The Morgan fingerprint density at radius 1 is 1.21 bits per heavy atom. The molecule has 132 valence electrons. The van der Waals surface area contributed by atoms with Gasteiger partial charge in [0.15, 0.2) is 6.61 Å². The minimum Gasteiger partial charge on any atom is -0.484 e. The number of ether oxygens (including phenoxy) is 2. The summed E-state index contributed by atoms with van der Waals surface area (Å²) in [5, 5.41) is 0. The standard InChI is InChI=1S/C19H28N2O3/c1-15-11-20(12-16(2)24-15)13-17-7-6-10-21(17)19(22)14-23-18-8-4-3-5-9-18/h3-5,8-9,15-17H,6-7,10-14H2,1-2H3/t15-,16-,17-/m1/s1. The Morgan fingerprint density at radius 2 is 1.92 bits per heavy atom. The molecule has 2 fully saturated rings. The number of benzene rings is 1. The van der Waals surface area contributed by atoms with Crippen molar-refractivity contribution in [3.8, 4) is 5.75 Å². The highest BCUT2D eigenvalue weighted by atomic mass is 16.5. The third-order valence-electron chi connectivity index (χ3n) is 4.77. The lowest BCUT2D eigenvalue weighted by Crippen LogP contribution is -2.51. The maximum Gasteiger partial charge on any atom is 0.260 e. The van der Waals surface area contributed by atoms with Crippen LogP contribution in [0.3, 0.4) is 0 Å². The molecule has 3 rings (SSSR count). The van der Waals surface area contributed by atoms with E-state index < -0.39 is 0 Å². The second-order valence-electron chi connectivity index (χ2n) is 6.96. The highest BCUT2D eigenvalue weighted by Gasteiger charge is 2.32.